The van der Waals surface area contributed by atoms with Crippen LogP contribution in [-0.2, 0) is 13.1 Å². The third kappa shape index (κ3) is 4.09. The predicted molar refractivity (Wildman–Crippen MR) is 90.7 cm³/mol. The monoisotopic (exact) mass is 338 g/mol. The van der Waals surface area contributed by atoms with Crippen LogP contribution in [0.4, 0.5) is 0 Å². The summed E-state index contributed by atoms with van der Waals surface area (Å²) in [6.07, 6.45) is 3.41. The molecule has 3 N–H and O–H groups in total. The zero-order valence-electron chi connectivity index (χ0n) is 13.7. The summed E-state index contributed by atoms with van der Waals surface area (Å²) >= 11 is 0. The minimum Gasteiger partial charge on any atom is -0.441 e. The van der Waals surface area contributed by atoms with Crippen LogP contribution in [0.2, 0.25) is 0 Å². The van der Waals surface area contributed by atoms with Gasteiger partial charge in [0.25, 0.3) is 5.91 Å². The van der Waals surface area contributed by atoms with E-state index < -0.39 is 0 Å². The maximum absolute atomic E-state index is 12.2. The Kier molecular flexibility index (Phi) is 5.17. The lowest BCUT2D eigenvalue weighted by molar-refractivity contribution is 0.0951. The number of pyridine rings is 1. The van der Waals surface area contributed by atoms with E-state index in [1.807, 2.05) is 12.1 Å². The first kappa shape index (κ1) is 16.8. The molecule has 0 aliphatic heterocycles. The molecule has 0 fully saturated rings. The molecule has 0 aliphatic rings. The maximum atomic E-state index is 12.2. The van der Waals surface area contributed by atoms with E-state index in [0.29, 0.717) is 29.5 Å². The summed E-state index contributed by atoms with van der Waals surface area (Å²) in [5, 5.41) is 11.6. The minimum atomic E-state index is -0.163. The lowest BCUT2D eigenvalue weighted by Gasteiger charge is -2.05. The number of aromatic nitrogens is 2. The molecule has 0 atom stereocenters. The Morgan fingerprint density at radius 3 is 2.68 bits per heavy atom. The van der Waals surface area contributed by atoms with Crippen molar-refractivity contribution in [3.63, 3.8) is 0 Å². The van der Waals surface area contributed by atoms with Gasteiger partial charge in [-0.05, 0) is 42.8 Å². The number of carbonyl (C=O) groups is 1. The van der Waals surface area contributed by atoms with Crippen molar-refractivity contribution < 1.29 is 14.4 Å². The summed E-state index contributed by atoms with van der Waals surface area (Å²) in [4.78, 5) is 20.5. The highest BCUT2D eigenvalue weighted by Crippen LogP contribution is 2.22. The fourth-order valence-corrected chi connectivity index (χ4v) is 2.34. The molecule has 0 radical (unpaired) electrons. The Morgan fingerprint density at radius 1 is 1.20 bits per heavy atom. The molecule has 0 unspecified atom stereocenters. The highest BCUT2D eigenvalue weighted by molar-refractivity contribution is 5.94. The van der Waals surface area contributed by atoms with Crippen LogP contribution in [0, 0.1) is 6.92 Å². The Balaban J connectivity index is 1.67. The predicted octanol–water partition coefficient (Wildman–Crippen LogP) is 2.45. The van der Waals surface area contributed by atoms with Gasteiger partial charge in [0, 0.05) is 30.1 Å². The second kappa shape index (κ2) is 7.69. The largest absolute Gasteiger partial charge is 0.441 e. The SMILES string of the molecule is Cc1oc(-c2ccc(C(=O)NCc3cccnc3)cc2)nc1CNO. The number of amides is 1. The van der Waals surface area contributed by atoms with Gasteiger partial charge in [-0.3, -0.25) is 9.78 Å². The van der Waals surface area contributed by atoms with Gasteiger partial charge in [-0.25, -0.2) is 4.98 Å². The number of hydrogen-bond acceptors (Lipinski definition) is 6. The number of hydrogen-bond donors (Lipinski definition) is 3. The average Bonchev–Trinajstić information content (AvgIpc) is 3.02. The molecule has 128 valence electrons. The molecular weight excluding hydrogens is 320 g/mol. The number of rotatable bonds is 6. The summed E-state index contributed by atoms with van der Waals surface area (Å²) in [6.45, 7) is 2.42. The third-order valence-electron chi connectivity index (χ3n) is 3.71. The van der Waals surface area contributed by atoms with Crippen LogP contribution < -0.4 is 10.8 Å². The first-order valence-corrected chi connectivity index (χ1v) is 7.78. The van der Waals surface area contributed by atoms with Gasteiger partial charge in [-0.15, -0.1) is 0 Å². The highest BCUT2D eigenvalue weighted by Gasteiger charge is 2.12. The highest BCUT2D eigenvalue weighted by atomic mass is 16.5. The Labute approximate surface area is 144 Å². The Morgan fingerprint density at radius 2 is 2.00 bits per heavy atom. The molecule has 25 heavy (non-hydrogen) atoms. The van der Waals surface area contributed by atoms with Crippen LogP contribution in [0.1, 0.15) is 27.4 Å². The van der Waals surface area contributed by atoms with Gasteiger partial charge in [0.05, 0.1) is 12.2 Å². The van der Waals surface area contributed by atoms with Crippen LogP contribution in [0.5, 0.6) is 0 Å². The van der Waals surface area contributed by atoms with Crippen molar-refractivity contribution in [3.05, 3.63) is 71.4 Å². The number of carbonyl (C=O) groups excluding carboxylic acids is 1. The normalized spacial score (nSPS) is 10.6. The van der Waals surface area contributed by atoms with E-state index in [-0.39, 0.29) is 12.5 Å². The van der Waals surface area contributed by atoms with Crippen molar-refractivity contribution in [3.8, 4) is 11.5 Å². The number of aryl methyl sites for hydroxylation is 1. The third-order valence-corrected chi connectivity index (χ3v) is 3.71. The molecule has 2 aromatic heterocycles. The van der Waals surface area contributed by atoms with Gasteiger partial charge < -0.3 is 14.9 Å². The van der Waals surface area contributed by atoms with E-state index >= 15 is 0 Å². The second-order valence-corrected chi connectivity index (χ2v) is 5.48. The maximum Gasteiger partial charge on any atom is 0.251 e. The lowest BCUT2D eigenvalue weighted by atomic mass is 10.1. The summed E-state index contributed by atoms with van der Waals surface area (Å²) < 4.78 is 5.59. The zero-order valence-corrected chi connectivity index (χ0v) is 13.7. The molecule has 3 aromatic rings. The number of nitrogens with zero attached hydrogens (tertiary/aromatic N) is 2. The molecule has 7 heteroatoms. The van der Waals surface area contributed by atoms with Crippen LogP contribution in [0.25, 0.3) is 11.5 Å². The molecule has 0 spiro atoms. The zero-order chi connectivity index (χ0) is 17.6. The van der Waals surface area contributed by atoms with Crippen molar-refractivity contribution >= 4 is 5.91 Å². The standard InChI is InChI=1S/C18H18N4O3/c1-12-16(11-21-24)22-18(25-12)15-6-4-14(5-7-15)17(23)20-10-13-3-2-8-19-9-13/h2-9,21,24H,10-11H2,1H3,(H,20,23). The number of benzene rings is 1. The van der Waals surface area contributed by atoms with E-state index in [9.17, 15) is 4.79 Å². The van der Waals surface area contributed by atoms with Gasteiger partial charge in [-0.2, -0.15) is 5.48 Å². The molecule has 7 nitrogen and oxygen atoms in total. The number of nitrogens with one attached hydrogen (secondary N) is 2. The molecule has 1 aromatic carbocycles. The van der Waals surface area contributed by atoms with E-state index in [1.165, 1.54) is 0 Å². The van der Waals surface area contributed by atoms with Crippen molar-refractivity contribution in [1.29, 1.82) is 0 Å². The van der Waals surface area contributed by atoms with Crippen LogP contribution in [-0.4, -0.2) is 21.1 Å². The first-order valence-electron chi connectivity index (χ1n) is 7.78. The van der Waals surface area contributed by atoms with Gasteiger partial charge in [0.2, 0.25) is 5.89 Å². The number of oxazole rings is 1. The van der Waals surface area contributed by atoms with E-state index in [1.54, 1.807) is 43.6 Å². The topological polar surface area (TPSA) is 100 Å². The van der Waals surface area contributed by atoms with Crippen molar-refractivity contribution in [2.45, 2.75) is 20.0 Å². The average molecular weight is 338 g/mol. The van der Waals surface area contributed by atoms with E-state index in [2.05, 4.69) is 20.8 Å². The molecule has 1 amide bonds. The molecule has 0 saturated heterocycles. The lowest BCUT2D eigenvalue weighted by Crippen LogP contribution is -2.22. The summed E-state index contributed by atoms with van der Waals surface area (Å²) in [5.74, 6) is 0.920. The molecule has 0 bridgehead atoms. The van der Waals surface area contributed by atoms with Crippen molar-refractivity contribution in [2.75, 3.05) is 0 Å². The van der Waals surface area contributed by atoms with Crippen molar-refractivity contribution in [2.24, 2.45) is 0 Å². The van der Waals surface area contributed by atoms with E-state index in [4.69, 9.17) is 9.62 Å². The Bertz CT molecular complexity index is 845. The van der Waals surface area contributed by atoms with Gasteiger partial charge in [-0.1, -0.05) is 6.07 Å². The summed E-state index contributed by atoms with van der Waals surface area (Å²) in [6, 6.07) is 10.7. The number of hydroxylamine groups is 1. The quantitative estimate of drug-likeness (QED) is 0.597. The van der Waals surface area contributed by atoms with Crippen LogP contribution >= 0.6 is 0 Å². The fraction of sp³-hybridized carbons (Fsp3) is 0.167. The van der Waals surface area contributed by atoms with Gasteiger partial charge in [0.1, 0.15) is 5.76 Å². The molecular formula is C18H18N4O3. The smallest absolute Gasteiger partial charge is 0.251 e. The molecule has 0 saturated carbocycles. The molecule has 3 rings (SSSR count). The van der Waals surface area contributed by atoms with Gasteiger partial charge >= 0.3 is 0 Å². The van der Waals surface area contributed by atoms with E-state index in [0.717, 1.165) is 11.1 Å². The van der Waals surface area contributed by atoms with Crippen LogP contribution in [0.3, 0.4) is 0 Å². The fourth-order valence-electron chi connectivity index (χ4n) is 2.34. The summed E-state index contributed by atoms with van der Waals surface area (Å²) in [5.41, 5.74) is 4.94. The first-order chi connectivity index (χ1) is 12.2. The summed E-state index contributed by atoms with van der Waals surface area (Å²) in [7, 11) is 0. The molecule has 2 heterocycles. The van der Waals surface area contributed by atoms with Crippen molar-refractivity contribution in [1.82, 2.24) is 20.8 Å². The second-order valence-electron chi connectivity index (χ2n) is 5.48. The Hall–Kier alpha value is -3.03. The van der Waals surface area contributed by atoms with Gasteiger partial charge in [0.15, 0.2) is 0 Å². The molecule has 0 aliphatic carbocycles. The van der Waals surface area contributed by atoms with Crippen LogP contribution in [0.15, 0.2) is 53.2 Å². The minimum absolute atomic E-state index is 0.163.